The molecule has 0 heterocycles. The van der Waals surface area contributed by atoms with Crippen LogP contribution in [0.5, 0.6) is 5.75 Å². The van der Waals surface area contributed by atoms with Gasteiger partial charge in [0, 0.05) is 9.61 Å². The molecule has 0 spiro atoms. The van der Waals surface area contributed by atoms with E-state index in [9.17, 15) is 4.79 Å². The van der Waals surface area contributed by atoms with E-state index in [0.29, 0.717) is 5.92 Å². The lowest BCUT2D eigenvalue weighted by atomic mass is 10.1. The van der Waals surface area contributed by atoms with Gasteiger partial charge in [-0.25, -0.2) is 0 Å². The minimum absolute atomic E-state index is 0.0666. The van der Waals surface area contributed by atoms with E-state index in [2.05, 4.69) is 41.8 Å². The summed E-state index contributed by atoms with van der Waals surface area (Å²) in [6.45, 7) is 6.21. The molecule has 0 bridgehead atoms. The molecule has 1 rings (SSSR count). The van der Waals surface area contributed by atoms with Crippen molar-refractivity contribution in [1.29, 1.82) is 0 Å². The summed E-state index contributed by atoms with van der Waals surface area (Å²) in [6.07, 6.45) is 0. The quantitative estimate of drug-likeness (QED) is 0.832. The van der Waals surface area contributed by atoms with Crippen LogP contribution in [0.15, 0.2) is 24.3 Å². The van der Waals surface area contributed by atoms with Crippen molar-refractivity contribution in [3.05, 3.63) is 27.8 Å². The van der Waals surface area contributed by atoms with E-state index in [1.54, 1.807) is 0 Å². The molecular weight excluding hydrogens is 329 g/mol. The number of carbonyl (C=O) groups excluding carboxylic acids is 1. The van der Waals surface area contributed by atoms with Crippen LogP contribution in [0.1, 0.15) is 20.8 Å². The molecule has 0 aliphatic carbocycles. The van der Waals surface area contributed by atoms with Crippen LogP contribution in [-0.4, -0.2) is 18.6 Å². The topological polar surface area (TPSA) is 38.3 Å². The highest BCUT2D eigenvalue weighted by Gasteiger charge is 2.10. The second-order valence-electron chi connectivity index (χ2n) is 4.35. The molecule has 0 radical (unpaired) electrons. The van der Waals surface area contributed by atoms with Crippen molar-refractivity contribution < 1.29 is 9.53 Å². The number of carbonyl (C=O) groups is 1. The summed E-state index contributed by atoms with van der Waals surface area (Å²) in [7, 11) is 0. The normalized spacial score (nSPS) is 12.3. The molecule has 94 valence electrons. The summed E-state index contributed by atoms with van der Waals surface area (Å²) in [5, 5.41) is 2.90. The Hall–Kier alpha value is -0.780. The lowest BCUT2D eigenvalue weighted by molar-refractivity contribution is -0.124. The first-order valence-corrected chi connectivity index (χ1v) is 6.74. The van der Waals surface area contributed by atoms with Gasteiger partial charge in [0.05, 0.1) is 0 Å². The predicted molar refractivity (Wildman–Crippen MR) is 77.1 cm³/mol. The predicted octanol–water partition coefficient (Wildman–Crippen LogP) is 2.83. The highest BCUT2D eigenvalue weighted by atomic mass is 127. The molecule has 0 saturated carbocycles. The molecule has 0 aliphatic heterocycles. The fourth-order valence-electron chi connectivity index (χ4n) is 1.17. The van der Waals surface area contributed by atoms with Gasteiger partial charge < -0.3 is 10.1 Å². The third kappa shape index (κ3) is 5.39. The maximum Gasteiger partial charge on any atom is 0.258 e. The Bertz CT molecular complexity index is 379. The van der Waals surface area contributed by atoms with E-state index in [0.717, 1.165) is 9.32 Å². The monoisotopic (exact) mass is 347 g/mol. The van der Waals surface area contributed by atoms with E-state index in [4.69, 9.17) is 4.74 Å². The molecule has 1 aromatic carbocycles. The van der Waals surface area contributed by atoms with Crippen molar-refractivity contribution in [1.82, 2.24) is 5.32 Å². The van der Waals surface area contributed by atoms with Crippen molar-refractivity contribution in [2.45, 2.75) is 26.8 Å². The van der Waals surface area contributed by atoms with Crippen LogP contribution in [0.25, 0.3) is 0 Å². The molecule has 1 N–H and O–H groups in total. The maximum atomic E-state index is 11.6. The van der Waals surface area contributed by atoms with Gasteiger partial charge >= 0.3 is 0 Å². The molecule has 0 saturated heterocycles. The Morgan fingerprint density at radius 2 is 2.12 bits per heavy atom. The summed E-state index contributed by atoms with van der Waals surface area (Å²) in [5.41, 5.74) is 0. The van der Waals surface area contributed by atoms with Gasteiger partial charge in [0.15, 0.2) is 6.61 Å². The number of benzene rings is 1. The van der Waals surface area contributed by atoms with Crippen LogP contribution in [0.4, 0.5) is 0 Å². The van der Waals surface area contributed by atoms with Crippen LogP contribution < -0.4 is 10.1 Å². The van der Waals surface area contributed by atoms with Gasteiger partial charge in [-0.3, -0.25) is 4.79 Å². The minimum atomic E-state index is -0.0786. The first kappa shape index (κ1) is 14.3. The highest BCUT2D eigenvalue weighted by Crippen LogP contribution is 2.14. The summed E-state index contributed by atoms with van der Waals surface area (Å²) in [6, 6.07) is 7.81. The highest BCUT2D eigenvalue weighted by molar-refractivity contribution is 14.1. The molecule has 17 heavy (non-hydrogen) atoms. The van der Waals surface area contributed by atoms with Crippen LogP contribution in [0.3, 0.4) is 0 Å². The molecule has 1 amide bonds. The Balaban J connectivity index is 2.38. The van der Waals surface area contributed by atoms with Crippen molar-refractivity contribution in [2.75, 3.05) is 6.61 Å². The first-order chi connectivity index (χ1) is 7.99. The summed E-state index contributed by atoms with van der Waals surface area (Å²) >= 11 is 2.21. The SMILES string of the molecule is CC(C)C(C)NC(=O)COc1cccc(I)c1. The Morgan fingerprint density at radius 3 is 2.71 bits per heavy atom. The zero-order valence-electron chi connectivity index (χ0n) is 10.4. The van der Waals surface area contributed by atoms with Gasteiger partial charge in [-0.1, -0.05) is 19.9 Å². The van der Waals surface area contributed by atoms with E-state index >= 15 is 0 Å². The Kier molecular flexibility index (Phi) is 5.74. The van der Waals surface area contributed by atoms with E-state index in [1.165, 1.54) is 0 Å². The van der Waals surface area contributed by atoms with Crippen molar-refractivity contribution in [3.8, 4) is 5.75 Å². The van der Waals surface area contributed by atoms with Crippen LogP contribution in [-0.2, 0) is 4.79 Å². The number of hydrogen-bond acceptors (Lipinski definition) is 2. The van der Waals surface area contributed by atoms with Gasteiger partial charge in [-0.2, -0.15) is 0 Å². The molecule has 1 atom stereocenters. The summed E-state index contributed by atoms with van der Waals surface area (Å²) in [5.74, 6) is 1.07. The molecule has 0 fully saturated rings. The smallest absolute Gasteiger partial charge is 0.258 e. The molecule has 3 nitrogen and oxygen atoms in total. The van der Waals surface area contributed by atoms with Crippen molar-refractivity contribution >= 4 is 28.5 Å². The van der Waals surface area contributed by atoms with Gasteiger partial charge in [0.25, 0.3) is 5.91 Å². The van der Waals surface area contributed by atoms with E-state index in [1.807, 2.05) is 31.2 Å². The molecule has 1 unspecified atom stereocenters. The maximum absolute atomic E-state index is 11.6. The molecular formula is C13H18INO2. The van der Waals surface area contributed by atoms with Crippen LogP contribution in [0.2, 0.25) is 0 Å². The second-order valence-corrected chi connectivity index (χ2v) is 5.59. The zero-order valence-corrected chi connectivity index (χ0v) is 12.5. The van der Waals surface area contributed by atoms with Crippen molar-refractivity contribution in [2.24, 2.45) is 5.92 Å². The average Bonchev–Trinajstić information content (AvgIpc) is 2.26. The van der Waals surface area contributed by atoms with Crippen LogP contribution in [0, 0.1) is 9.49 Å². The van der Waals surface area contributed by atoms with Crippen molar-refractivity contribution in [3.63, 3.8) is 0 Å². The van der Waals surface area contributed by atoms with Gasteiger partial charge in [0.1, 0.15) is 5.75 Å². The Morgan fingerprint density at radius 1 is 1.41 bits per heavy atom. The zero-order chi connectivity index (χ0) is 12.8. The first-order valence-electron chi connectivity index (χ1n) is 5.66. The van der Waals surface area contributed by atoms with E-state index in [-0.39, 0.29) is 18.6 Å². The van der Waals surface area contributed by atoms with Crippen LogP contribution >= 0.6 is 22.6 Å². The fourth-order valence-corrected chi connectivity index (χ4v) is 1.68. The Labute approximate surface area is 116 Å². The lowest BCUT2D eigenvalue weighted by Gasteiger charge is -2.17. The number of nitrogens with one attached hydrogen (secondary N) is 1. The third-order valence-electron chi connectivity index (χ3n) is 2.55. The number of ether oxygens (including phenoxy) is 1. The third-order valence-corrected chi connectivity index (χ3v) is 3.23. The largest absolute Gasteiger partial charge is 0.484 e. The second kappa shape index (κ2) is 6.83. The number of hydrogen-bond donors (Lipinski definition) is 1. The van der Waals surface area contributed by atoms with Gasteiger partial charge in [-0.15, -0.1) is 0 Å². The minimum Gasteiger partial charge on any atom is -0.484 e. The molecule has 1 aromatic rings. The number of rotatable bonds is 5. The molecule has 4 heteroatoms. The standard InChI is InChI=1S/C13H18INO2/c1-9(2)10(3)15-13(16)8-17-12-6-4-5-11(14)7-12/h4-7,9-10H,8H2,1-3H3,(H,15,16). The summed E-state index contributed by atoms with van der Waals surface area (Å²) in [4.78, 5) is 11.6. The number of halogens is 1. The average molecular weight is 347 g/mol. The fraction of sp³-hybridized carbons (Fsp3) is 0.462. The molecule has 0 aromatic heterocycles. The summed E-state index contributed by atoms with van der Waals surface area (Å²) < 4.78 is 6.51. The van der Waals surface area contributed by atoms with Gasteiger partial charge in [0.2, 0.25) is 0 Å². The van der Waals surface area contributed by atoms with E-state index < -0.39 is 0 Å². The number of amides is 1. The molecule has 0 aliphatic rings. The lowest BCUT2D eigenvalue weighted by Crippen LogP contribution is -2.38. The van der Waals surface area contributed by atoms with Gasteiger partial charge in [-0.05, 0) is 53.6 Å².